The number of aryl methyl sites for hydroxylation is 1. The Balaban J connectivity index is 1.60. The molecule has 0 spiro atoms. The van der Waals surface area contributed by atoms with Crippen LogP contribution in [0.1, 0.15) is 23.2 Å². The average molecular weight is 318 g/mol. The van der Waals surface area contributed by atoms with E-state index < -0.39 is 5.82 Å². The highest BCUT2D eigenvalue weighted by molar-refractivity contribution is 5.93. The third-order valence-electron chi connectivity index (χ3n) is 4.17. The van der Waals surface area contributed by atoms with Gasteiger partial charge in [-0.05, 0) is 12.8 Å². The normalized spacial score (nSPS) is 15.7. The van der Waals surface area contributed by atoms with Crippen molar-refractivity contribution in [2.45, 2.75) is 18.9 Å². The number of hydrogen-bond donors (Lipinski definition) is 0. The van der Waals surface area contributed by atoms with Crippen LogP contribution in [0.3, 0.4) is 0 Å². The lowest BCUT2D eigenvalue weighted by atomic mass is 10.0. The van der Waals surface area contributed by atoms with Crippen LogP contribution in [0.15, 0.2) is 24.8 Å². The number of amides is 1. The Labute approximate surface area is 133 Å². The van der Waals surface area contributed by atoms with E-state index in [2.05, 4.69) is 15.1 Å². The fraction of sp³-hybridized carbons (Fsp3) is 0.467. The van der Waals surface area contributed by atoms with Crippen LogP contribution >= 0.6 is 0 Å². The minimum atomic E-state index is -0.439. The lowest BCUT2D eigenvalue weighted by Gasteiger charge is -2.36. The Morgan fingerprint density at radius 2 is 1.91 bits per heavy atom. The molecule has 3 rings (SSSR count). The zero-order valence-corrected chi connectivity index (χ0v) is 13.2. The van der Waals surface area contributed by atoms with Crippen LogP contribution in [-0.2, 0) is 7.05 Å². The van der Waals surface area contributed by atoms with Crippen molar-refractivity contribution in [3.05, 3.63) is 36.2 Å². The van der Waals surface area contributed by atoms with Gasteiger partial charge in [-0.1, -0.05) is 0 Å². The molecule has 1 fully saturated rings. The molecule has 122 valence electrons. The number of anilines is 1. The zero-order valence-electron chi connectivity index (χ0n) is 13.2. The first kappa shape index (κ1) is 15.4. The molecule has 23 heavy (non-hydrogen) atoms. The van der Waals surface area contributed by atoms with Gasteiger partial charge in [0.15, 0.2) is 5.82 Å². The number of halogens is 1. The molecule has 0 bridgehead atoms. The molecule has 0 saturated carbocycles. The monoisotopic (exact) mass is 318 g/mol. The fourth-order valence-corrected chi connectivity index (χ4v) is 2.82. The molecule has 0 radical (unpaired) electrons. The van der Waals surface area contributed by atoms with Gasteiger partial charge < -0.3 is 9.80 Å². The van der Waals surface area contributed by atoms with Gasteiger partial charge in [0, 0.05) is 39.4 Å². The Morgan fingerprint density at radius 3 is 2.48 bits per heavy atom. The summed E-state index contributed by atoms with van der Waals surface area (Å²) in [7, 11) is 3.61. The van der Waals surface area contributed by atoms with Gasteiger partial charge in [-0.15, -0.1) is 0 Å². The highest BCUT2D eigenvalue weighted by Gasteiger charge is 2.27. The Bertz CT molecular complexity index is 678. The van der Waals surface area contributed by atoms with E-state index in [0.717, 1.165) is 25.9 Å². The Kier molecular flexibility index (Phi) is 4.22. The summed E-state index contributed by atoms with van der Waals surface area (Å²) in [4.78, 5) is 24.2. The van der Waals surface area contributed by atoms with E-state index in [1.807, 2.05) is 11.9 Å². The van der Waals surface area contributed by atoms with Crippen molar-refractivity contribution in [1.82, 2.24) is 24.6 Å². The second-order valence-electron chi connectivity index (χ2n) is 5.74. The summed E-state index contributed by atoms with van der Waals surface area (Å²) >= 11 is 0. The van der Waals surface area contributed by atoms with Gasteiger partial charge in [0.1, 0.15) is 0 Å². The minimum absolute atomic E-state index is 0.0189. The molecule has 1 amide bonds. The largest absolute Gasteiger partial charge is 0.341 e. The van der Waals surface area contributed by atoms with Crippen LogP contribution in [0.25, 0.3) is 0 Å². The average Bonchev–Trinajstić information content (AvgIpc) is 3.01. The first-order valence-corrected chi connectivity index (χ1v) is 7.53. The predicted molar refractivity (Wildman–Crippen MR) is 82.5 cm³/mol. The van der Waals surface area contributed by atoms with Crippen LogP contribution < -0.4 is 4.90 Å². The third kappa shape index (κ3) is 3.30. The number of rotatable bonds is 3. The van der Waals surface area contributed by atoms with E-state index in [1.165, 1.54) is 12.4 Å². The molecule has 0 aromatic carbocycles. The Hall–Kier alpha value is -2.51. The maximum absolute atomic E-state index is 12.9. The quantitative estimate of drug-likeness (QED) is 0.847. The van der Waals surface area contributed by atoms with Gasteiger partial charge in [-0.3, -0.25) is 9.48 Å². The van der Waals surface area contributed by atoms with Crippen molar-refractivity contribution in [2.75, 3.05) is 25.0 Å². The van der Waals surface area contributed by atoms with E-state index in [-0.39, 0.29) is 11.9 Å². The summed E-state index contributed by atoms with van der Waals surface area (Å²) in [6, 6.07) is 0.166. The van der Waals surface area contributed by atoms with Crippen LogP contribution in [0, 0.1) is 5.82 Å². The van der Waals surface area contributed by atoms with Crippen molar-refractivity contribution < 1.29 is 9.18 Å². The van der Waals surface area contributed by atoms with Crippen molar-refractivity contribution >= 4 is 11.9 Å². The molecular formula is C15H19FN6O. The lowest BCUT2D eigenvalue weighted by Crippen LogP contribution is -2.46. The third-order valence-corrected chi connectivity index (χ3v) is 4.17. The minimum Gasteiger partial charge on any atom is -0.341 e. The van der Waals surface area contributed by atoms with Crippen LogP contribution in [-0.4, -0.2) is 56.7 Å². The van der Waals surface area contributed by atoms with Crippen molar-refractivity contribution in [3.8, 4) is 0 Å². The number of aromatic nitrogens is 4. The second-order valence-corrected chi connectivity index (χ2v) is 5.74. The van der Waals surface area contributed by atoms with Crippen LogP contribution in [0.5, 0.6) is 0 Å². The number of carbonyl (C=O) groups is 1. The number of piperidine rings is 1. The Morgan fingerprint density at radius 1 is 1.26 bits per heavy atom. The van der Waals surface area contributed by atoms with Gasteiger partial charge in [-0.25, -0.2) is 14.4 Å². The van der Waals surface area contributed by atoms with Crippen LogP contribution in [0.2, 0.25) is 0 Å². The van der Waals surface area contributed by atoms with Gasteiger partial charge in [0.2, 0.25) is 5.95 Å². The maximum Gasteiger partial charge on any atom is 0.257 e. The molecule has 2 aromatic heterocycles. The van der Waals surface area contributed by atoms with E-state index in [0.29, 0.717) is 11.5 Å². The SMILES string of the molecule is CN(C(=O)c1cnn(C)c1)C1CCN(c2ncc(F)cn2)CC1. The molecule has 0 aliphatic carbocycles. The molecule has 7 nitrogen and oxygen atoms in total. The topological polar surface area (TPSA) is 67.2 Å². The van der Waals surface area contributed by atoms with E-state index in [1.54, 1.807) is 29.0 Å². The number of carbonyl (C=O) groups excluding carboxylic acids is 1. The fourth-order valence-electron chi connectivity index (χ4n) is 2.82. The molecule has 0 atom stereocenters. The molecular weight excluding hydrogens is 299 g/mol. The molecule has 0 unspecified atom stereocenters. The molecule has 1 aliphatic rings. The lowest BCUT2D eigenvalue weighted by molar-refractivity contribution is 0.0709. The van der Waals surface area contributed by atoms with Gasteiger partial charge in [0.25, 0.3) is 5.91 Å². The number of hydrogen-bond acceptors (Lipinski definition) is 5. The second kappa shape index (κ2) is 6.31. The van der Waals surface area contributed by atoms with Gasteiger partial charge in [0.05, 0.1) is 24.2 Å². The molecule has 2 aromatic rings. The van der Waals surface area contributed by atoms with E-state index >= 15 is 0 Å². The highest BCUT2D eigenvalue weighted by atomic mass is 19.1. The summed E-state index contributed by atoms with van der Waals surface area (Å²) in [5.41, 5.74) is 0.597. The predicted octanol–water partition coefficient (Wildman–Crippen LogP) is 1.09. The van der Waals surface area contributed by atoms with E-state index in [4.69, 9.17) is 0 Å². The van der Waals surface area contributed by atoms with E-state index in [9.17, 15) is 9.18 Å². The number of nitrogens with zero attached hydrogens (tertiary/aromatic N) is 6. The maximum atomic E-state index is 12.9. The zero-order chi connectivity index (χ0) is 16.4. The van der Waals surface area contributed by atoms with Crippen molar-refractivity contribution in [1.29, 1.82) is 0 Å². The molecule has 1 saturated heterocycles. The summed E-state index contributed by atoms with van der Waals surface area (Å²) in [6.07, 6.45) is 7.30. The molecule has 3 heterocycles. The van der Waals surface area contributed by atoms with Gasteiger partial charge >= 0.3 is 0 Å². The summed E-state index contributed by atoms with van der Waals surface area (Å²) < 4.78 is 14.5. The van der Waals surface area contributed by atoms with Gasteiger partial charge in [-0.2, -0.15) is 5.10 Å². The molecule has 0 N–H and O–H groups in total. The summed E-state index contributed by atoms with van der Waals surface area (Å²) in [5, 5.41) is 4.04. The first-order valence-electron chi connectivity index (χ1n) is 7.53. The smallest absolute Gasteiger partial charge is 0.257 e. The molecule has 8 heteroatoms. The highest BCUT2D eigenvalue weighted by Crippen LogP contribution is 2.20. The van der Waals surface area contributed by atoms with Crippen molar-refractivity contribution in [2.24, 2.45) is 7.05 Å². The van der Waals surface area contributed by atoms with Crippen LogP contribution in [0.4, 0.5) is 10.3 Å². The molecule has 1 aliphatic heterocycles. The summed E-state index contributed by atoms with van der Waals surface area (Å²) in [6.45, 7) is 1.47. The standard InChI is InChI=1S/C15H19FN6O/c1-20-10-11(7-19-20)14(23)21(2)13-3-5-22(6-4-13)15-17-8-12(16)9-18-15/h7-10,13H,3-6H2,1-2H3. The first-order chi connectivity index (χ1) is 11.0. The summed E-state index contributed by atoms with van der Waals surface area (Å²) in [5.74, 6) is 0.0751. The van der Waals surface area contributed by atoms with Crippen molar-refractivity contribution in [3.63, 3.8) is 0 Å².